The van der Waals surface area contributed by atoms with Gasteiger partial charge in [0.2, 0.25) is 0 Å². The number of pyridine rings is 1. The first-order chi connectivity index (χ1) is 16.7. The Hall–Kier alpha value is -2.71. The zero-order valence-electron chi connectivity index (χ0n) is 19.8. The maximum atomic E-state index is 12.9. The Morgan fingerprint density at radius 1 is 1.26 bits per heavy atom. The molecule has 0 aliphatic carbocycles. The number of anilines is 3. The highest BCUT2D eigenvalue weighted by Gasteiger charge is 2.45. The first-order valence-corrected chi connectivity index (χ1v) is 14.3. The lowest BCUT2D eigenvalue weighted by Crippen LogP contribution is -2.55. The number of hydrogen-bond donors (Lipinski definition) is 4. The van der Waals surface area contributed by atoms with Crippen LogP contribution in [0.3, 0.4) is 0 Å². The minimum Gasteiger partial charge on any atom is -0.397 e. The normalized spacial score (nSPS) is 17.8. The molecule has 1 aromatic carbocycles. The maximum absolute atomic E-state index is 12.9. The number of nitrogens with two attached hydrogens (primary N) is 1. The standard InChI is InChI=1S/C25H31N4O4PS/c1-3-25(4-2)15-19(34(31,32)33)11-12-29(25)23-10-8-18(16-27-23)24(30)28-21-14-17(7-9-20(21)26)22-6-5-13-35-22/h5-10,13-14,16,19H,3-4,11-12,15,26H2,1-2H3,(H,28,30)(H2,31,32,33). The average Bonchev–Trinajstić information content (AvgIpc) is 3.39. The van der Waals surface area contributed by atoms with Gasteiger partial charge in [-0.25, -0.2) is 4.98 Å². The second kappa shape index (κ2) is 10.1. The number of nitrogens with one attached hydrogen (secondary N) is 1. The second-order valence-corrected chi connectivity index (χ2v) is 11.8. The smallest absolute Gasteiger partial charge is 0.328 e. The SMILES string of the molecule is CCC1(CC)CC(P(=O)(O)O)CCN1c1ccc(C(=O)Nc2cc(-c3cccs3)ccc2N)cn1. The number of rotatable bonds is 7. The fraction of sp³-hybridized carbons (Fsp3) is 0.360. The topological polar surface area (TPSA) is 129 Å². The van der Waals surface area contributed by atoms with Gasteiger partial charge in [0.25, 0.3) is 5.91 Å². The van der Waals surface area contributed by atoms with Gasteiger partial charge in [0, 0.05) is 23.2 Å². The molecule has 1 amide bonds. The van der Waals surface area contributed by atoms with Crippen LogP contribution in [0.1, 0.15) is 49.9 Å². The Labute approximate surface area is 209 Å². The summed E-state index contributed by atoms with van der Waals surface area (Å²) < 4.78 is 11.9. The van der Waals surface area contributed by atoms with Gasteiger partial charge < -0.3 is 25.7 Å². The summed E-state index contributed by atoms with van der Waals surface area (Å²) in [4.78, 5) is 40.2. The van der Waals surface area contributed by atoms with Gasteiger partial charge in [-0.3, -0.25) is 9.36 Å². The van der Waals surface area contributed by atoms with Gasteiger partial charge in [-0.15, -0.1) is 11.3 Å². The van der Waals surface area contributed by atoms with Crippen molar-refractivity contribution in [2.24, 2.45) is 0 Å². The first-order valence-electron chi connectivity index (χ1n) is 11.7. The summed E-state index contributed by atoms with van der Waals surface area (Å²) in [6.07, 6.45) is 3.83. The number of hydrogen-bond acceptors (Lipinski definition) is 6. The molecule has 0 radical (unpaired) electrons. The van der Waals surface area contributed by atoms with Crippen LogP contribution in [0.4, 0.5) is 17.2 Å². The van der Waals surface area contributed by atoms with Crippen LogP contribution in [0, 0.1) is 0 Å². The molecule has 10 heteroatoms. The summed E-state index contributed by atoms with van der Waals surface area (Å²) >= 11 is 1.61. The van der Waals surface area contributed by atoms with E-state index in [-0.39, 0.29) is 5.91 Å². The fourth-order valence-electron chi connectivity index (χ4n) is 4.87. The van der Waals surface area contributed by atoms with Gasteiger partial charge >= 0.3 is 7.60 Å². The van der Waals surface area contributed by atoms with Crippen molar-refractivity contribution >= 4 is 42.0 Å². The molecule has 0 spiro atoms. The molecule has 0 bridgehead atoms. The second-order valence-electron chi connectivity index (χ2n) is 8.96. The lowest BCUT2D eigenvalue weighted by Gasteiger charge is -2.50. The number of carbonyl (C=O) groups excluding carboxylic acids is 1. The van der Waals surface area contributed by atoms with E-state index < -0.39 is 18.8 Å². The van der Waals surface area contributed by atoms with E-state index in [9.17, 15) is 19.1 Å². The number of thiophene rings is 1. The molecule has 3 aromatic rings. The lowest BCUT2D eigenvalue weighted by atomic mass is 9.81. The van der Waals surface area contributed by atoms with E-state index in [2.05, 4.69) is 15.2 Å². The third kappa shape index (κ3) is 5.28. The summed E-state index contributed by atoms with van der Waals surface area (Å²) in [7, 11) is -4.15. The van der Waals surface area contributed by atoms with Crippen LogP contribution in [-0.2, 0) is 4.57 Å². The predicted molar refractivity (Wildman–Crippen MR) is 142 cm³/mol. The molecule has 4 rings (SSSR count). The molecule has 1 aliphatic heterocycles. The van der Waals surface area contributed by atoms with Crippen molar-refractivity contribution in [3.05, 3.63) is 59.6 Å². The van der Waals surface area contributed by atoms with E-state index in [1.54, 1.807) is 29.5 Å². The van der Waals surface area contributed by atoms with Crippen LogP contribution in [0.25, 0.3) is 10.4 Å². The van der Waals surface area contributed by atoms with E-state index >= 15 is 0 Å². The third-order valence-corrected chi connectivity index (χ3v) is 9.37. The Kier molecular flexibility index (Phi) is 7.33. The summed E-state index contributed by atoms with van der Waals surface area (Å²) in [5.41, 5.74) is 7.47. The Morgan fingerprint density at radius 2 is 2.03 bits per heavy atom. The monoisotopic (exact) mass is 514 g/mol. The molecule has 3 heterocycles. The quantitative estimate of drug-likeness (QED) is 0.247. The van der Waals surface area contributed by atoms with E-state index in [0.29, 0.717) is 42.1 Å². The average molecular weight is 515 g/mol. The van der Waals surface area contributed by atoms with Crippen molar-refractivity contribution < 1.29 is 19.1 Å². The first kappa shape index (κ1) is 25.4. The van der Waals surface area contributed by atoms with Crippen molar-refractivity contribution in [3.63, 3.8) is 0 Å². The summed E-state index contributed by atoms with van der Waals surface area (Å²) in [5, 5.41) is 4.89. The number of aromatic nitrogens is 1. The Morgan fingerprint density at radius 3 is 2.63 bits per heavy atom. The van der Waals surface area contributed by atoms with E-state index in [1.165, 1.54) is 6.20 Å². The maximum Gasteiger partial charge on any atom is 0.328 e. The van der Waals surface area contributed by atoms with Crippen LogP contribution < -0.4 is 16.0 Å². The highest BCUT2D eigenvalue weighted by atomic mass is 32.1. The van der Waals surface area contributed by atoms with Crippen molar-refractivity contribution in [3.8, 4) is 10.4 Å². The summed E-state index contributed by atoms with van der Waals surface area (Å²) in [6, 6.07) is 13.1. The van der Waals surface area contributed by atoms with Crippen molar-refractivity contribution in [1.82, 2.24) is 4.98 Å². The van der Waals surface area contributed by atoms with E-state index in [4.69, 9.17) is 5.73 Å². The Bertz CT molecular complexity index is 1220. The van der Waals surface area contributed by atoms with Crippen molar-refractivity contribution in [2.45, 2.75) is 50.7 Å². The number of carbonyl (C=O) groups is 1. The molecule has 2 aromatic heterocycles. The molecule has 186 valence electrons. The zero-order valence-corrected chi connectivity index (χ0v) is 21.6. The summed E-state index contributed by atoms with van der Waals surface area (Å²) in [6.45, 7) is 4.58. The van der Waals surface area contributed by atoms with Gasteiger partial charge in [0.05, 0.1) is 22.6 Å². The fourth-order valence-corrected chi connectivity index (χ4v) is 6.62. The minimum absolute atomic E-state index is 0.309. The largest absolute Gasteiger partial charge is 0.397 e. The van der Waals surface area contributed by atoms with E-state index in [0.717, 1.165) is 23.3 Å². The molecular weight excluding hydrogens is 483 g/mol. The zero-order chi connectivity index (χ0) is 25.2. The highest BCUT2D eigenvalue weighted by molar-refractivity contribution is 7.52. The summed E-state index contributed by atoms with van der Waals surface area (Å²) in [5.74, 6) is 0.394. The van der Waals surface area contributed by atoms with Crippen LogP contribution in [0.2, 0.25) is 0 Å². The molecule has 8 nitrogen and oxygen atoms in total. The molecule has 1 aliphatic rings. The molecule has 0 saturated carbocycles. The molecule has 1 saturated heterocycles. The number of benzene rings is 1. The highest BCUT2D eigenvalue weighted by Crippen LogP contribution is 2.51. The lowest BCUT2D eigenvalue weighted by molar-refractivity contribution is 0.102. The Balaban J connectivity index is 1.52. The number of nitrogen functional groups attached to an aromatic ring is 1. The van der Waals surface area contributed by atoms with E-state index in [1.807, 2.05) is 43.5 Å². The van der Waals surface area contributed by atoms with Gasteiger partial charge in [-0.2, -0.15) is 0 Å². The minimum atomic E-state index is -4.15. The number of piperidine rings is 1. The van der Waals surface area contributed by atoms with Crippen LogP contribution in [0.5, 0.6) is 0 Å². The van der Waals surface area contributed by atoms with Crippen LogP contribution in [-0.4, -0.2) is 38.4 Å². The third-order valence-electron chi connectivity index (χ3n) is 7.06. The van der Waals surface area contributed by atoms with Gasteiger partial charge in [0.15, 0.2) is 0 Å². The van der Waals surface area contributed by atoms with Gasteiger partial charge in [-0.1, -0.05) is 26.0 Å². The van der Waals surface area contributed by atoms with Crippen LogP contribution in [0.15, 0.2) is 54.0 Å². The molecule has 35 heavy (non-hydrogen) atoms. The molecular formula is C25H31N4O4PS. The number of amides is 1. The molecule has 5 N–H and O–H groups in total. The molecule has 1 fully saturated rings. The molecule has 1 atom stereocenters. The van der Waals surface area contributed by atoms with Crippen molar-refractivity contribution in [1.29, 1.82) is 0 Å². The molecule has 1 unspecified atom stereocenters. The van der Waals surface area contributed by atoms with Gasteiger partial charge in [0.1, 0.15) is 5.82 Å². The van der Waals surface area contributed by atoms with Crippen LogP contribution >= 0.6 is 18.9 Å². The van der Waals surface area contributed by atoms with Crippen molar-refractivity contribution in [2.75, 3.05) is 22.5 Å². The van der Waals surface area contributed by atoms with Gasteiger partial charge in [-0.05, 0) is 67.0 Å². The predicted octanol–water partition coefficient (Wildman–Crippen LogP) is 5.35. The number of nitrogens with zero attached hydrogens (tertiary/aromatic N) is 2.